The molecule has 3 amide bonds. The second kappa shape index (κ2) is 8.47. The van der Waals surface area contributed by atoms with Crippen LogP contribution in [0.25, 0.3) is 0 Å². The van der Waals surface area contributed by atoms with E-state index in [0.29, 0.717) is 32.7 Å². The molecule has 1 aliphatic heterocycles. The second-order valence-electron chi connectivity index (χ2n) is 6.50. The fourth-order valence-electron chi connectivity index (χ4n) is 2.98. The van der Waals surface area contributed by atoms with Gasteiger partial charge in [0.15, 0.2) is 5.69 Å². The van der Waals surface area contributed by atoms with Crippen LogP contribution >= 0.6 is 0 Å². The minimum atomic E-state index is -1.20. The molecular weight excluding hydrogens is 362 g/mol. The molecule has 2 aromatic rings. The number of amides is 3. The van der Waals surface area contributed by atoms with Gasteiger partial charge in [-0.3, -0.25) is 4.79 Å². The predicted octanol–water partition coefficient (Wildman–Crippen LogP) is 1.18. The Labute approximate surface area is 162 Å². The number of benzene rings is 1. The van der Waals surface area contributed by atoms with E-state index in [9.17, 15) is 14.4 Å². The first-order valence-electron chi connectivity index (χ1n) is 8.84. The molecule has 1 aromatic carbocycles. The smallest absolute Gasteiger partial charge is 0.356 e. The number of carbonyl (C=O) groups excluding carboxylic acids is 2. The van der Waals surface area contributed by atoms with E-state index in [1.54, 1.807) is 21.7 Å². The van der Waals surface area contributed by atoms with Crippen molar-refractivity contribution in [3.05, 3.63) is 59.7 Å². The van der Waals surface area contributed by atoms with E-state index in [2.05, 4.69) is 9.97 Å². The van der Waals surface area contributed by atoms with Crippen LogP contribution in [0, 0.1) is 0 Å². The molecule has 0 radical (unpaired) electrons. The van der Waals surface area contributed by atoms with Gasteiger partial charge < -0.3 is 19.8 Å². The van der Waals surface area contributed by atoms with E-state index < -0.39 is 5.97 Å². The first-order valence-corrected chi connectivity index (χ1v) is 8.84. The van der Waals surface area contributed by atoms with Crippen LogP contribution in [0.4, 0.5) is 4.79 Å². The lowest BCUT2D eigenvalue weighted by molar-refractivity contribution is 0.0634. The second-order valence-corrected chi connectivity index (χ2v) is 6.50. The van der Waals surface area contributed by atoms with Crippen molar-refractivity contribution in [1.82, 2.24) is 24.7 Å². The van der Waals surface area contributed by atoms with Crippen molar-refractivity contribution >= 4 is 17.9 Å². The van der Waals surface area contributed by atoms with Crippen LogP contribution in [-0.4, -0.2) is 80.9 Å². The van der Waals surface area contributed by atoms with Crippen LogP contribution in [-0.2, 0) is 6.54 Å². The van der Waals surface area contributed by atoms with Crippen LogP contribution < -0.4 is 0 Å². The van der Waals surface area contributed by atoms with Gasteiger partial charge in [0, 0.05) is 39.8 Å². The summed E-state index contributed by atoms with van der Waals surface area (Å²) in [6, 6.07) is 9.66. The molecule has 3 rings (SSSR count). The van der Waals surface area contributed by atoms with Crippen molar-refractivity contribution in [2.45, 2.75) is 6.54 Å². The topological polar surface area (TPSA) is 107 Å². The molecular formula is C19H21N5O4. The quantitative estimate of drug-likeness (QED) is 0.850. The number of hydrogen-bond acceptors (Lipinski definition) is 5. The molecule has 146 valence electrons. The van der Waals surface area contributed by atoms with E-state index in [4.69, 9.17) is 5.11 Å². The third-order valence-electron chi connectivity index (χ3n) is 4.52. The van der Waals surface area contributed by atoms with Crippen LogP contribution in [0.5, 0.6) is 0 Å². The number of piperazine rings is 1. The zero-order chi connectivity index (χ0) is 20.1. The molecule has 0 saturated carbocycles. The number of carbonyl (C=O) groups is 3. The lowest BCUT2D eigenvalue weighted by Gasteiger charge is -2.36. The molecule has 0 aliphatic carbocycles. The normalized spacial score (nSPS) is 13.9. The molecule has 1 saturated heterocycles. The van der Waals surface area contributed by atoms with Crippen molar-refractivity contribution in [2.75, 3.05) is 33.2 Å². The van der Waals surface area contributed by atoms with Crippen molar-refractivity contribution in [3.8, 4) is 0 Å². The number of rotatable bonds is 4. The predicted molar refractivity (Wildman–Crippen MR) is 99.8 cm³/mol. The third kappa shape index (κ3) is 4.43. The molecule has 9 heteroatoms. The lowest BCUT2D eigenvalue weighted by atomic mass is 10.2. The van der Waals surface area contributed by atoms with E-state index >= 15 is 0 Å². The van der Waals surface area contributed by atoms with Gasteiger partial charge in [-0.2, -0.15) is 0 Å². The summed E-state index contributed by atoms with van der Waals surface area (Å²) in [6.45, 7) is 2.12. The Hall–Kier alpha value is -3.49. The highest BCUT2D eigenvalue weighted by atomic mass is 16.4. The Morgan fingerprint density at radius 3 is 2.11 bits per heavy atom. The number of nitrogens with zero attached hydrogens (tertiary/aromatic N) is 5. The maximum absolute atomic E-state index is 12.6. The summed E-state index contributed by atoms with van der Waals surface area (Å²) in [5.41, 5.74) is 0.926. The average molecular weight is 383 g/mol. The maximum atomic E-state index is 12.6. The number of aromatic nitrogens is 2. The van der Waals surface area contributed by atoms with Crippen molar-refractivity contribution in [2.24, 2.45) is 0 Å². The molecule has 0 spiro atoms. The Kier molecular flexibility index (Phi) is 5.83. The molecule has 28 heavy (non-hydrogen) atoms. The molecule has 0 atom stereocenters. The number of carboxylic acids is 1. The van der Waals surface area contributed by atoms with Gasteiger partial charge in [-0.15, -0.1) is 0 Å². The SMILES string of the molecule is CN(Cc1ccccc1)C(=O)N1CCN(C(=O)c2cnc(C(=O)O)cn2)CC1. The zero-order valence-electron chi connectivity index (χ0n) is 15.5. The Balaban J connectivity index is 1.54. The fraction of sp³-hybridized carbons (Fsp3) is 0.316. The highest BCUT2D eigenvalue weighted by Gasteiger charge is 2.27. The van der Waals surface area contributed by atoms with Gasteiger partial charge in [-0.05, 0) is 5.56 Å². The van der Waals surface area contributed by atoms with E-state index in [-0.39, 0.29) is 23.3 Å². The van der Waals surface area contributed by atoms with Gasteiger partial charge in [-0.1, -0.05) is 30.3 Å². The summed E-state index contributed by atoms with van der Waals surface area (Å²) >= 11 is 0. The fourth-order valence-corrected chi connectivity index (χ4v) is 2.98. The summed E-state index contributed by atoms with van der Waals surface area (Å²) in [6.07, 6.45) is 2.23. The summed E-state index contributed by atoms with van der Waals surface area (Å²) in [7, 11) is 1.76. The van der Waals surface area contributed by atoms with E-state index in [0.717, 1.165) is 18.0 Å². The lowest BCUT2D eigenvalue weighted by Crippen LogP contribution is -2.53. The highest BCUT2D eigenvalue weighted by Crippen LogP contribution is 2.11. The molecule has 1 N–H and O–H groups in total. The number of aromatic carboxylic acids is 1. The first-order chi connectivity index (χ1) is 13.5. The first kappa shape index (κ1) is 19.3. The van der Waals surface area contributed by atoms with Crippen molar-refractivity contribution < 1.29 is 19.5 Å². The molecule has 0 bridgehead atoms. The van der Waals surface area contributed by atoms with Gasteiger partial charge in [0.1, 0.15) is 5.69 Å². The van der Waals surface area contributed by atoms with Crippen molar-refractivity contribution in [3.63, 3.8) is 0 Å². The summed E-state index contributed by atoms with van der Waals surface area (Å²) in [4.78, 5) is 48.5. The molecule has 1 aliphatic rings. The van der Waals surface area contributed by atoms with Crippen LogP contribution in [0.2, 0.25) is 0 Å². The molecule has 2 heterocycles. The Bertz CT molecular complexity index is 848. The van der Waals surface area contributed by atoms with Crippen LogP contribution in [0.1, 0.15) is 26.5 Å². The third-order valence-corrected chi connectivity index (χ3v) is 4.52. The average Bonchev–Trinajstić information content (AvgIpc) is 2.73. The minimum absolute atomic E-state index is 0.0819. The van der Waals surface area contributed by atoms with Crippen LogP contribution in [0.3, 0.4) is 0 Å². The number of hydrogen-bond donors (Lipinski definition) is 1. The Morgan fingerprint density at radius 1 is 0.964 bits per heavy atom. The Morgan fingerprint density at radius 2 is 1.54 bits per heavy atom. The standard InChI is InChI=1S/C19H21N5O4/c1-22(13-14-5-3-2-4-6-14)19(28)24-9-7-23(8-10-24)17(25)15-11-21-16(12-20-15)18(26)27/h2-6,11-12H,7-10,13H2,1H3,(H,26,27). The van der Waals surface area contributed by atoms with Crippen LogP contribution in [0.15, 0.2) is 42.7 Å². The highest BCUT2D eigenvalue weighted by molar-refractivity contribution is 5.93. The van der Waals surface area contributed by atoms with E-state index in [1.807, 2.05) is 30.3 Å². The minimum Gasteiger partial charge on any atom is -0.476 e. The van der Waals surface area contributed by atoms with Gasteiger partial charge in [-0.25, -0.2) is 19.6 Å². The van der Waals surface area contributed by atoms with Gasteiger partial charge in [0.05, 0.1) is 12.4 Å². The summed E-state index contributed by atoms with van der Waals surface area (Å²) in [5, 5.41) is 8.84. The van der Waals surface area contributed by atoms with Gasteiger partial charge >= 0.3 is 12.0 Å². The van der Waals surface area contributed by atoms with Crippen molar-refractivity contribution in [1.29, 1.82) is 0 Å². The maximum Gasteiger partial charge on any atom is 0.356 e. The van der Waals surface area contributed by atoms with Gasteiger partial charge in [0.2, 0.25) is 0 Å². The summed E-state index contributed by atoms with van der Waals surface area (Å²) < 4.78 is 0. The monoisotopic (exact) mass is 383 g/mol. The van der Waals surface area contributed by atoms with Gasteiger partial charge in [0.25, 0.3) is 5.91 Å². The largest absolute Gasteiger partial charge is 0.476 e. The summed E-state index contributed by atoms with van der Waals surface area (Å²) in [5.74, 6) is -1.52. The zero-order valence-corrected chi connectivity index (χ0v) is 15.5. The molecule has 1 fully saturated rings. The molecule has 0 unspecified atom stereocenters. The molecule has 1 aromatic heterocycles. The van der Waals surface area contributed by atoms with E-state index in [1.165, 1.54) is 0 Å². The number of urea groups is 1. The number of carboxylic acid groups (broad SMARTS) is 1. The molecule has 9 nitrogen and oxygen atoms in total.